The molecule has 1 amide bonds. The van der Waals surface area contributed by atoms with E-state index in [4.69, 9.17) is 4.74 Å². The lowest BCUT2D eigenvalue weighted by molar-refractivity contribution is -0.123. The summed E-state index contributed by atoms with van der Waals surface area (Å²) >= 11 is 3.22. The van der Waals surface area contributed by atoms with E-state index in [1.165, 1.54) is 12.1 Å². The Labute approximate surface area is 115 Å². The van der Waals surface area contributed by atoms with Gasteiger partial charge in [0, 0.05) is 10.5 Å². The highest BCUT2D eigenvalue weighted by atomic mass is 79.9. The van der Waals surface area contributed by atoms with Crippen LogP contribution in [0.4, 0.5) is 4.39 Å². The fourth-order valence-corrected chi connectivity index (χ4v) is 1.83. The number of hydrogen-bond donors (Lipinski definition) is 1. The van der Waals surface area contributed by atoms with E-state index in [0.29, 0.717) is 4.47 Å². The van der Waals surface area contributed by atoms with Crippen LogP contribution in [-0.4, -0.2) is 18.6 Å². The minimum Gasteiger partial charge on any atom is -0.481 e. The van der Waals surface area contributed by atoms with Crippen LogP contribution in [0.2, 0.25) is 0 Å². The summed E-state index contributed by atoms with van der Waals surface area (Å²) in [6.07, 6.45) is 1.74. The van der Waals surface area contributed by atoms with Crippen molar-refractivity contribution in [2.75, 3.05) is 6.61 Å². The zero-order valence-electron chi connectivity index (χ0n) is 10.5. The second-order valence-electron chi connectivity index (χ2n) is 3.94. The molecule has 0 aliphatic rings. The van der Waals surface area contributed by atoms with Crippen LogP contribution in [0.1, 0.15) is 26.7 Å². The van der Waals surface area contributed by atoms with Gasteiger partial charge in [-0.25, -0.2) is 4.39 Å². The van der Waals surface area contributed by atoms with E-state index in [2.05, 4.69) is 21.2 Å². The molecule has 0 aromatic heterocycles. The highest BCUT2D eigenvalue weighted by molar-refractivity contribution is 9.10. The third-order valence-corrected chi connectivity index (χ3v) is 3.10. The highest BCUT2D eigenvalue weighted by Crippen LogP contribution is 2.22. The quantitative estimate of drug-likeness (QED) is 0.874. The Balaban J connectivity index is 2.49. The van der Waals surface area contributed by atoms with E-state index in [1.807, 2.05) is 13.8 Å². The number of nitrogens with one attached hydrogen (secondary N) is 1. The van der Waals surface area contributed by atoms with Gasteiger partial charge in [-0.1, -0.05) is 29.8 Å². The van der Waals surface area contributed by atoms with Gasteiger partial charge in [-0.05, 0) is 31.0 Å². The summed E-state index contributed by atoms with van der Waals surface area (Å²) in [7, 11) is 0. The molecule has 0 radical (unpaired) electrons. The molecule has 1 aromatic carbocycles. The van der Waals surface area contributed by atoms with Crippen molar-refractivity contribution < 1.29 is 13.9 Å². The lowest BCUT2D eigenvalue weighted by Gasteiger charge is -2.15. The molecule has 18 heavy (non-hydrogen) atoms. The molecule has 0 saturated heterocycles. The van der Waals surface area contributed by atoms with Crippen molar-refractivity contribution in [1.82, 2.24) is 5.32 Å². The molecular formula is C13H17BrFNO2. The van der Waals surface area contributed by atoms with Crippen molar-refractivity contribution >= 4 is 21.8 Å². The molecular weight excluding hydrogens is 301 g/mol. The second-order valence-corrected chi connectivity index (χ2v) is 4.86. The molecule has 3 nitrogen and oxygen atoms in total. The van der Waals surface area contributed by atoms with E-state index in [9.17, 15) is 9.18 Å². The van der Waals surface area contributed by atoms with Crippen LogP contribution in [0.25, 0.3) is 0 Å². The van der Waals surface area contributed by atoms with Crippen LogP contribution < -0.4 is 10.1 Å². The average Bonchev–Trinajstić information content (AvgIpc) is 2.37. The molecule has 0 fully saturated rings. The number of ether oxygens (including phenoxy) is 1. The maximum atomic E-state index is 13.3. The molecule has 100 valence electrons. The summed E-state index contributed by atoms with van der Waals surface area (Å²) in [6, 6.07) is 4.51. The Kier molecular flexibility index (Phi) is 6.12. The molecule has 0 atom stereocenters. The van der Waals surface area contributed by atoms with Crippen LogP contribution in [0.15, 0.2) is 22.7 Å². The molecule has 0 spiro atoms. The molecule has 0 aliphatic carbocycles. The standard InChI is InChI=1S/C13H17BrFNO2/c1-3-10(4-2)16-13(17)8-18-12-7-9(14)5-6-11(12)15/h5-7,10H,3-4,8H2,1-2H3,(H,16,17). The van der Waals surface area contributed by atoms with Crippen LogP contribution >= 0.6 is 15.9 Å². The van der Waals surface area contributed by atoms with E-state index < -0.39 is 5.82 Å². The number of benzene rings is 1. The van der Waals surface area contributed by atoms with E-state index in [0.717, 1.165) is 12.8 Å². The molecule has 0 saturated carbocycles. The number of carbonyl (C=O) groups excluding carboxylic acids is 1. The normalized spacial score (nSPS) is 10.5. The van der Waals surface area contributed by atoms with Crippen LogP contribution in [0.3, 0.4) is 0 Å². The van der Waals surface area contributed by atoms with Crippen molar-refractivity contribution in [2.45, 2.75) is 32.7 Å². The number of rotatable bonds is 6. The monoisotopic (exact) mass is 317 g/mol. The summed E-state index contributed by atoms with van der Waals surface area (Å²) in [6.45, 7) is 3.83. The second kappa shape index (κ2) is 7.36. The summed E-state index contributed by atoms with van der Waals surface area (Å²) in [5.74, 6) is -0.638. The first kappa shape index (κ1) is 15.0. The molecule has 0 unspecified atom stereocenters. The van der Waals surface area contributed by atoms with Gasteiger partial charge in [0.1, 0.15) is 0 Å². The van der Waals surface area contributed by atoms with E-state index in [1.54, 1.807) is 6.07 Å². The topological polar surface area (TPSA) is 38.3 Å². The van der Waals surface area contributed by atoms with Gasteiger partial charge in [-0.2, -0.15) is 0 Å². The summed E-state index contributed by atoms with van der Waals surface area (Å²) in [5, 5.41) is 2.82. The maximum Gasteiger partial charge on any atom is 0.258 e. The predicted octanol–water partition coefficient (Wildman–Crippen LogP) is 3.27. The first-order valence-electron chi connectivity index (χ1n) is 5.94. The SMILES string of the molecule is CCC(CC)NC(=O)COc1cc(Br)ccc1F. The maximum absolute atomic E-state index is 13.3. The van der Waals surface area contributed by atoms with Gasteiger partial charge in [0.2, 0.25) is 0 Å². The number of hydrogen-bond acceptors (Lipinski definition) is 2. The predicted molar refractivity (Wildman–Crippen MR) is 72.1 cm³/mol. The van der Waals surface area contributed by atoms with Gasteiger partial charge in [0.05, 0.1) is 0 Å². The Morgan fingerprint density at radius 1 is 1.44 bits per heavy atom. The summed E-state index contributed by atoms with van der Waals surface area (Å²) < 4.78 is 19.2. The van der Waals surface area contributed by atoms with Crippen molar-refractivity contribution in [1.29, 1.82) is 0 Å². The first-order chi connectivity index (χ1) is 8.56. The van der Waals surface area contributed by atoms with E-state index in [-0.39, 0.29) is 24.3 Å². The molecule has 0 aliphatic heterocycles. The summed E-state index contributed by atoms with van der Waals surface area (Å²) in [4.78, 5) is 11.6. The summed E-state index contributed by atoms with van der Waals surface area (Å²) in [5.41, 5.74) is 0. The Morgan fingerprint density at radius 3 is 2.72 bits per heavy atom. The van der Waals surface area contributed by atoms with Gasteiger partial charge in [-0.15, -0.1) is 0 Å². The van der Waals surface area contributed by atoms with Crippen molar-refractivity contribution in [2.24, 2.45) is 0 Å². The highest BCUT2D eigenvalue weighted by Gasteiger charge is 2.10. The van der Waals surface area contributed by atoms with Crippen LogP contribution in [0, 0.1) is 5.82 Å². The Morgan fingerprint density at radius 2 is 2.11 bits per heavy atom. The number of halogens is 2. The van der Waals surface area contributed by atoms with Gasteiger partial charge < -0.3 is 10.1 Å². The fraction of sp³-hybridized carbons (Fsp3) is 0.462. The van der Waals surface area contributed by atoms with Crippen molar-refractivity contribution in [3.05, 3.63) is 28.5 Å². The van der Waals surface area contributed by atoms with Gasteiger partial charge >= 0.3 is 0 Å². The lowest BCUT2D eigenvalue weighted by atomic mass is 10.2. The minimum absolute atomic E-state index is 0.0732. The third kappa shape index (κ3) is 4.64. The Bertz CT molecular complexity index is 408. The molecule has 1 aromatic rings. The van der Waals surface area contributed by atoms with Crippen molar-refractivity contribution in [3.63, 3.8) is 0 Å². The zero-order chi connectivity index (χ0) is 13.5. The number of carbonyl (C=O) groups is 1. The molecule has 1 rings (SSSR count). The van der Waals surface area contributed by atoms with E-state index >= 15 is 0 Å². The average molecular weight is 318 g/mol. The largest absolute Gasteiger partial charge is 0.481 e. The third-order valence-electron chi connectivity index (χ3n) is 2.60. The Hall–Kier alpha value is -1.10. The molecule has 0 bridgehead atoms. The lowest BCUT2D eigenvalue weighted by Crippen LogP contribution is -2.37. The molecule has 0 heterocycles. The smallest absolute Gasteiger partial charge is 0.258 e. The zero-order valence-corrected chi connectivity index (χ0v) is 12.1. The van der Waals surface area contributed by atoms with Gasteiger partial charge in [0.15, 0.2) is 18.2 Å². The minimum atomic E-state index is -0.478. The fourth-order valence-electron chi connectivity index (χ4n) is 1.49. The molecule has 1 N–H and O–H groups in total. The first-order valence-corrected chi connectivity index (χ1v) is 6.73. The van der Waals surface area contributed by atoms with Crippen LogP contribution in [-0.2, 0) is 4.79 Å². The van der Waals surface area contributed by atoms with Crippen LogP contribution in [0.5, 0.6) is 5.75 Å². The van der Waals surface area contributed by atoms with Gasteiger partial charge in [-0.3, -0.25) is 4.79 Å². The molecule has 5 heteroatoms. The van der Waals surface area contributed by atoms with Gasteiger partial charge in [0.25, 0.3) is 5.91 Å². The van der Waals surface area contributed by atoms with Crippen molar-refractivity contribution in [3.8, 4) is 5.75 Å². The number of amides is 1.